The third-order valence-electron chi connectivity index (χ3n) is 10.2. The van der Waals surface area contributed by atoms with Gasteiger partial charge in [0.1, 0.15) is 28.0 Å². The summed E-state index contributed by atoms with van der Waals surface area (Å²) in [5, 5.41) is 2.80. The average molecular weight is 720 g/mol. The molecule has 0 aliphatic rings. The summed E-state index contributed by atoms with van der Waals surface area (Å²) >= 11 is 0. The molecule has 0 atom stereocenters. The second-order valence-electron chi connectivity index (χ2n) is 13.6. The number of hydrogen-bond acceptors (Lipinski definition) is 7. The van der Waals surface area contributed by atoms with Gasteiger partial charge in [0.05, 0.1) is 5.39 Å². The van der Waals surface area contributed by atoms with Gasteiger partial charge in [-0.3, -0.25) is 0 Å². The van der Waals surface area contributed by atoms with Gasteiger partial charge in [0, 0.05) is 38.6 Å². The van der Waals surface area contributed by atoms with Gasteiger partial charge in [-0.05, 0) is 35.4 Å². The third kappa shape index (κ3) is 5.33. The van der Waals surface area contributed by atoms with Gasteiger partial charge in [0.2, 0.25) is 0 Å². The molecule has 0 unspecified atom stereocenters. The van der Waals surface area contributed by atoms with Crippen LogP contribution >= 0.6 is 0 Å². The molecule has 0 aliphatic carbocycles. The monoisotopic (exact) mass is 719 g/mol. The first-order chi connectivity index (χ1) is 27.7. The normalized spacial score (nSPS) is 11.6. The second kappa shape index (κ2) is 13.0. The number of aromatic nitrogens is 5. The van der Waals surface area contributed by atoms with Crippen LogP contribution in [0.15, 0.2) is 185 Å². The smallest absolute Gasteiger partial charge is 0.180 e. The number of nitrogens with zero attached hydrogens (tertiary/aromatic N) is 5. The Morgan fingerprint density at radius 1 is 0.321 bits per heavy atom. The molecule has 0 fully saturated rings. The maximum atomic E-state index is 6.64. The lowest BCUT2D eigenvalue weighted by molar-refractivity contribution is 0.667. The first-order valence-corrected chi connectivity index (χ1v) is 18.4. The van der Waals surface area contributed by atoms with Crippen molar-refractivity contribution in [2.45, 2.75) is 0 Å². The molecule has 4 aromatic heterocycles. The quantitative estimate of drug-likeness (QED) is 0.169. The molecule has 7 nitrogen and oxygen atoms in total. The van der Waals surface area contributed by atoms with Crippen molar-refractivity contribution in [3.8, 4) is 67.9 Å². The van der Waals surface area contributed by atoms with Gasteiger partial charge in [0.15, 0.2) is 28.9 Å². The Morgan fingerprint density at radius 3 is 1.45 bits per heavy atom. The predicted molar refractivity (Wildman–Crippen MR) is 223 cm³/mol. The number of furan rings is 2. The van der Waals surface area contributed by atoms with Gasteiger partial charge >= 0.3 is 0 Å². The molecule has 0 aliphatic heterocycles. The number of rotatable bonds is 6. The molecule has 262 valence electrons. The molecule has 11 aromatic rings. The highest BCUT2D eigenvalue weighted by Gasteiger charge is 2.22. The van der Waals surface area contributed by atoms with E-state index in [4.69, 9.17) is 33.8 Å². The van der Waals surface area contributed by atoms with Crippen LogP contribution in [-0.2, 0) is 0 Å². The zero-order valence-electron chi connectivity index (χ0n) is 29.8. The first kappa shape index (κ1) is 31.7. The highest BCUT2D eigenvalue weighted by molar-refractivity contribution is 6.16. The molecule has 7 aromatic carbocycles. The summed E-state index contributed by atoms with van der Waals surface area (Å²) in [5.41, 5.74) is 11.0. The van der Waals surface area contributed by atoms with Crippen LogP contribution in [0.1, 0.15) is 0 Å². The van der Waals surface area contributed by atoms with Crippen molar-refractivity contribution in [3.63, 3.8) is 0 Å². The Labute approximate surface area is 320 Å². The molecule has 56 heavy (non-hydrogen) atoms. The van der Waals surface area contributed by atoms with Gasteiger partial charge in [0.25, 0.3) is 0 Å². The Balaban J connectivity index is 1.14. The Bertz CT molecular complexity index is 3180. The van der Waals surface area contributed by atoms with Crippen LogP contribution in [0.3, 0.4) is 0 Å². The van der Waals surface area contributed by atoms with E-state index in [0.717, 1.165) is 83.1 Å². The molecule has 0 saturated carbocycles. The molecular formula is C49H29N5O2. The van der Waals surface area contributed by atoms with Crippen LogP contribution in [0.5, 0.6) is 0 Å². The van der Waals surface area contributed by atoms with Crippen LogP contribution < -0.4 is 0 Å². The van der Waals surface area contributed by atoms with Crippen molar-refractivity contribution >= 4 is 44.0 Å². The highest BCUT2D eigenvalue weighted by Crippen LogP contribution is 2.43. The van der Waals surface area contributed by atoms with E-state index >= 15 is 0 Å². The van der Waals surface area contributed by atoms with E-state index < -0.39 is 0 Å². The van der Waals surface area contributed by atoms with E-state index in [1.54, 1.807) is 0 Å². The lowest BCUT2D eigenvalue weighted by Gasteiger charge is -2.09. The maximum Gasteiger partial charge on any atom is 0.180 e. The largest absolute Gasteiger partial charge is 0.456 e. The summed E-state index contributed by atoms with van der Waals surface area (Å²) in [6.45, 7) is 0. The third-order valence-corrected chi connectivity index (χ3v) is 10.2. The molecule has 0 amide bonds. The molecule has 7 heteroatoms. The van der Waals surface area contributed by atoms with Crippen LogP contribution in [0.2, 0.25) is 0 Å². The molecule has 0 radical (unpaired) electrons. The Hall–Kier alpha value is -7.77. The average Bonchev–Trinajstić information content (AvgIpc) is 3.85. The summed E-state index contributed by atoms with van der Waals surface area (Å²) in [6.07, 6.45) is 0. The summed E-state index contributed by atoms with van der Waals surface area (Å²) in [5.74, 6) is 2.41. The number of hydrogen-bond donors (Lipinski definition) is 0. The summed E-state index contributed by atoms with van der Waals surface area (Å²) in [6, 6.07) is 58.7. The Morgan fingerprint density at radius 2 is 0.839 bits per heavy atom. The highest BCUT2D eigenvalue weighted by atomic mass is 16.3. The van der Waals surface area contributed by atoms with Crippen molar-refractivity contribution in [1.82, 2.24) is 24.9 Å². The Kier molecular flexibility index (Phi) is 7.35. The number of fused-ring (bicyclic) bond motifs is 6. The lowest BCUT2D eigenvalue weighted by atomic mass is 9.97. The van der Waals surface area contributed by atoms with Gasteiger partial charge < -0.3 is 8.83 Å². The van der Waals surface area contributed by atoms with E-state index in [1.165, 1.54) is 0 Å². The van der Waals surface area contributed by atoms with Crippen molar-refractivity contribution < 1.29 is 8.83 Å². The fraction of sp³-hybridized carbons (Fsp3) is 0. The summed E-state index contributed by atoms with van der Waals surface area (Å²) < 4.78 is 13.1. The fourth-order valence-corrected chi connectivity index (χ4v) is 7.55. The van der Waals surface area contributed by atoms with Crippen LogP contribution in [-0.4, -0.2) is 24.9 Å². The molecule has 0 saturated heterocycles. The number of benzene rings is 7. The van der Waals surface area contributed by atoms with Gasteiger partial charge in [-0.2, -0.15) is 0 Å². The van der Waals surface area contributed by atoms with E-state index in [1.807, 2.05) is 140 Å². The summed E-state index contributed by atoms with van der Waals surface area (Å²) in [4.78, 5) is 25.3. The molecule has 0 N–H and O–H groups in total. The van der Waals surface area contributed by atoms with Crippen LogP contribution in [0.4, 0.5) is 0 Å². The standard InChI is InChI=1S/C49H29N5O2/c1-5-15-30(16-6-1)43-45-44(51-46(50-43)31-17-7-2-8-18-31)42-35(23-13-26-40(42)56-45)34-27-28-38-37(29-34)41-36(24-14-25-39(41)55-38)49-53-47(32-19-9-3-10-20-32)52-48(54-49)33-21-11-4-12-22-33/h1-29H. The van der Waals surface area contributed by atoms with Crippen molar-refractivity contribution in [3.05, 3.63) is 176 Å². The molecular weight excluding hydrogens is 691 g/mol. The fourth-order valence-electron chi connectivity index (χ4n) is 7.55. The minimum Gasteiger partial charge on any atom is -0.456 e. The van der Waals surface area contributed by atoms with Crippen molar-refractivity contribution in [2.24, 2.45) is 0 Å². The zero-order chi connectivity index (χ0) is 37.0. The van der Waals surface area contributed by atoms with Gasteiger partial charge in [-0.25, -0.2) is 24.9 Å². The minimum absolute atomic E-state index is 0.568. The van der Waals surface area contributed by atoms with E-state index in [2.05, 4.69) is 36.4 Å². The van der Waals surface area contributed by atoms with Crippen LogP contribution in [0, 0.1) is 0 Å². The first-order valence-electron chi connectivity index (χ1n) is 18.4. The molecule has 4 heterocycles. The summed E-state index contributed by atoms with van der Waals surface area (Å²) in [7, 11) is 0. The molecule has 0 bridgehead atoms. The van der Waals surface area contributed by atoms with Crippen molar-refractivity contribution in [1.29, 1.82) is 0 Å². The lowest BCUT2D eigenvalue weighted by Crippen LogP contribution is -2.00. The van der Waals surface area contributed by atoms with Crippen molar-refractivity contribution in [2.75, 3.05) is 0 Å². The predicted octanol–water partition coefficient (Wildman–Crippen LogP) is 12.5. The topological polar surface area (TPSA) is 90.7 Å². The van der Waals surface area contributed by atoms with E-state index in [0.29, 0.717) is 28.9 Å². The maximum absolute atomic E-state index is 6.64. The zero-order valence-corrected chi connectivity index (χ0v) is 29.8. The molecule has 0 spiro atoms. The van der Waals surface area contributed by atoms with Gasteiger partial charge in [-0.15, -0.1) is 0 Å². The van der Waals surface area contributed by atoms with E-state index in [9.17, 15) is 0 Å². The second-order valence-corrected chi connectivity index (χ2v) is 13.6. The SMILES string of the molecule is c1ccc(-c2nc(-c3ccccc3)nc(-c3cccc4oc5ccc(-c6cccc7oc8c(-c9ccccc9)nc(-c9ccccc9)nc8c67)cc5c34)n2)cc1. The van der Waals surface area contributed by atoms with Crippen LogP contribution in [0.25, 0.3) is 112 Å². The molecule has 11 rings (SSSR count). The van der Waals surface area contributed by atoms with Gasteiger partial charge in [-0.1, -0.05) is 152 Å². The minimum atomic E-state index is 0.568. The van der Waals surface area contributed by atoms with E-state index in [-0.39, 0.29) is 0 Å².